The minimum Gasteiger partial charge on any atom is -0.609 e. The van der Waals surface area contributed by atoms with Crippen LogP contribution in [0.5, 0.6) is 11.5 Å². The number of benzene rings is 4. The molecule has 0 amide bonds. The van der Waals surface area contributed by atoms with E-state index in [1.54, 1.807) is 61.4 Å². The first-order chi connectivity index (χ1) is 24.4. The summed E-state index contributed by atoms with van der Waals surface area (Å²) in [6, 6.07) is 36.2. The summed E-state index contributed by atoms with van der Waals surface area (Å²) in [6.45, 7) is 0.649. The molecule has 0 saturated heterocycles. The molecule has 0 radical (unpaired) electrons. The number of rotatable bonds is 14. The van der Waals surface area contributed by atoms with Gasteiger partial charge in [-0.3, -0.25) is 4.79 Å². The van der Waals surface area contributed by atoms with Crippen LogP contribution >= 0.6 is 0 Å². The van der Waals surface area contributed by atoms with Crippen LogP contribution in [0, 0.1) is 5.82 Å². The lowest BCUT2D eigenvalue weighted by Crippen LogP contribution is -2.19. The maximum Gasteiger partial charge on any atom is 0.343 e. The zero-order valence-electron chi connectivity index (χ0n) is 27.7. The quantitative estimate of drug-likeness (QED) is 0.0857. The highest BCUT2D eigenvalue weighted by atomic mass is 32.2. The van der Waals surface area contributed by atoms with Crippen molar-refractivity contribution < 1.29 is 23.2 Å². The van der Waals surface area contributed by atoms with Crippen molar-refractivity contribution in [3.05, 3.63) is 160 Å². The average Bonchev–Trinajstić information content (AvgIpc) is 3.16. The fraction of sp³-hybridized carbons (Fsp3) is 0.175. The summed E-state index contributed by atoms with van der Waals surface area (Å²) in [5.74, 6) is 0.864. The van der Waals surface area contributed by atoms with Gasteiger partial charge in [0, 0.05) is 41.0 Å². The molecule has 0 N–H and O–H groups in total. The Bertz CT molecular complexity index is 2100. The Morgan fingerprint density at radius 1 is 0.780 bits per heavy atom. The molecule has 4 aromatic carbocycles. The summed E-state index contributed by atoms with van der Waals surface area (Å²) in [5.41, 5.74) is 4.13. The molecule has 2 aromatic heterocycles. The van der Waals surface area contributed by atoms with Gasteiger partial charge >= 0.3 is 5.16 Å². The van der Waals surface area contributed by atoms with Crippen LogP contribution in [0.1, 0.15) is 29.2 Å². The van der Waals surface area contributed by atoms with Crippen LogP contribution in [0.15, 0.2) is 137 Å². The molecular formula is C40H36FN3O5S. The second-order valence-electron chi connectivity index (χ2n) is 11.5. The Morgan fingerprint density at radius 2 is 1.48 bits per heavy atom. The SMILES string of the molecule is COc1ccc(Cn2cc(-c3cc(-c4ccccc4F)nc([S+]([O-])CCC(OCc4ccccc4)c4ccccc4)n3)ccc2=O)cc1OC. The Morgan fingerprint density at radius 3 is 2.22 bits per heavy atom. The van der Waals surface area contributed by atoms with E-state index >= 15 is 4.39 Å². The molecule has 10 heteroatoms. The number of hydrogen-bond donors (Lipinski definition) is 0. The van der Waals surface area contributed by atoms with Crippen molar-refractivity contribution in [3.8, 4) is 34.0 Å². The van der Waals surface area contributed by atoms with E-state index in [1.165, 1.54) is 12.1 Å². The molecule has 254 valence electrons. The zero-order valence-corrected chi connectivity index (χ0v) is 28.5. The predicted molar refractivity (Wildman–Crippen MR) is 192 cm³/mol. The molecule has 0 aliphatic rings. The van der Waals surface area contributed by atoms with Gasteiger partial charge in [0.1, 0.15) is 11.6 Å². The monoisotopic (exact) mass is 689 g/mol. The summed E-state index contributed by atoms with van der Waals surface area (Å²) in [4.78, 5) is 22.3. The van der Waals surface area contributed by atoms with Crippen LogP contribution in [-0.2, 0) is 29.1 Å². The number of ether oxygens (including phenoxy) is 3. The highest BCUT2D eigenvalue weighted by Crippen LogP contribution is 2.30. The van der Waals surface area contributed by atoms with E-state index < -0.39 is 17.0 Å². The van der Waals surface area contributed by atoms with E-state index in [-0.39, 0.29) is 40.4 Å². The van der Waals surface area contributed by atoms with Gasteiger partial charge < -0.3 is 23.3 Å². The smallest absolute Gasteiger partial charge is 0.343 e. The molecule has 2 atom stereocenters. The van der Waals surface area contributed by atoms with E-state index in [9.17, 15) is 9.35 Å². The first kappa shape index (κ1) is 34.6. The van der Waals surface area contributed by atoms with E-state index in [0.717, 1.165) is 16.7 Å². The second-order valence-corrected chi connectivity index (χ2v) is 13.0. The standard InChI is InChI=1S/C40H36FN3O5S/c1-47-37-19-17-29(23-38(37)48-2)25-44-26-31(18-20-39(44)45)34-24-35(32-15-9-10-16-33(32)41)43-40(42-34)50(46)22-21-36(30-13-7-4-8-14-30)49-27-28-11-5-3-6-12-28/h3-20,23-24,26,36H,21-22,25,27H2,1-2H3. The van der Waals surface area contributed by atoms with Crippen molar-refractivity contribution in [1.82, 2.24) is 14.5 Å². The fourth-order valence-corrected chi connectivity index (χ4v) is 6.57. The van der Waals surface area contributed by atoms with Crippen LogP contribution in [0.25, 0.3) is 22.5 Å². The average molecular weight is 690 g/mol. The molecule has 2 unspecified atom stereocenters. The van der Waals surface area contributed by atoms with Crippen molar-refractivity contribution in [2.45, 2.75) is 30.8 Å². The lowest BCUT2D eigenvalue weighted by Gasteiger charge is -2.19. The number of aromatic nitrogens is 3. The Balaban J connectivity index is 1.31. The molecule has 0 aliphatic carbocycles. The minimum atomic E-state index is -1.67. The number of nitrogens with zero attached hydrogens (tertiary/aromatic N) is 3. The van der Waals surface area contributed by atoms with Gasteiger partial charge in [0.25, 0.3) is 5.56 Å². The van der Waals surface area contributed by atoms with Crippen LogP contribution in [0.3, 0.4) is 0 Å². The number of halogens is 1. The third kappa shape index (κ3) is 8.46. The van der Waals surface area contributed by atoms with Crippen LogP contribution < -0.4 is 15.0 Å². The Labute approximate surface area is 293 Å². The lowest BCUT2D eigenvalue weighted by atomic mass is 10.1. The topological polar surface area (TPSA) is 98.5 Å². The van der Waals surface area contributed by atoms with Crippen molar-refractivity contribution in [1.29, 1.82) is 0 Å². The van der Waals surface area contributed by atoms with Gasteiger partial charge in [-0.1, -0.05) is 78.9 Å². The predicted octanol–water partition coefficient (Wildman–Crippen LogP) is 7.63. The molecule has 6 rings (SSSR count). The Hall–Kier alpha value is -5.29. The van der Waals surface area contributed by atoms with E-state index in [1.807, 2.05) is 72.8 Å². The third-order valence-electron chi connectivity index (χ3n) is 8.17. The zero-order chi connectivity index (χ0) is 34.9. The molecule has 6 aromatic rings. The summed E-state index contributed by atoms with van der Waals surface area (Å²) in [7, 11) is 3.11. The van der Waals surface area contributed by atoms with Gasteiger partial charge in [0.2, 0.25) is 0 Å². The van der Waals surface area contributed by atoms with E-state index in [4.69, 9.17) is 19.2 Å². The minimum absolute atomic E-state index is 0.0632. The summed E-state index contributed by atoms with van der Waals surface area (Å²) < 4.78 is 47.7. The normalized spacial score (nSPS) is 12.3. The molecular weight excluding hydrogens is 654 g/mol. The summed E-state index contributed by atoms with van der Waals surface area (Å²) >= 11 is -1.67. The maximum absolute atomic E-state index is 15.1. The van der Waals surface area contributed by atoms with Crippen molar-refractivity contribution in [3.63, 3.8) is 0 Å². The molecule has 8 nitrogen and oxygen atoms in total. The molecule has 0 aliphatic heterocycles. The van der Waals surface area contributed by atoms with Crippen molar-refractivity contribution in [2.75, 3.05) is 20.0 Å². The van der Waals surface area contributed by atoms with Crippen LogP contribution in [0.4, 0.5) is 4.39 Å². The van der Waals surface area contributed by atoms with Gasteiger partial charge in [0.05, 0.1) is 44.9 Å². The highest BCUT2D eigenvalue weighted by Gasteiger charge is 2.23. The van der Waals surface area contributed by atoms with Gasteiger partial charge in [-0.05, 0) is 53.1 Å². The number of hydrogen-bond acceptors (Lipinski definition) is 7. The molecule has 50 heavy (non-hydrogen) atoms. The maximum atomic E-state index is 15.1. The number of pyridine rings is 1. The second kappa shape index (κ2) is 16.4. The molecule has 0 saturated carbocycles. The number of methoxy groups -OCH3 is 2. The van der Waals surface area contributed by atoms with Gasteiger partial charge in [0.15, 0.2) is 11.5 Å². The Kier molecular flexibility index (Phi) is 11.3. The first-order valence-corrected chi connectivity index (χ1v) is 17.4. The van der Waals surface area contributed by atoms with E-state index in [0.29, 0.717) is 35.8 Å². The highest BCUT2D eigenvalue weighted by molar-refractivity contribution is 7.91. The third-order valence-corrected chi connectivity index (χ3v) is 9.37. The van der Waals surface area contributed by atoms with Crippen molar-refractivity contribution in [2.24, 2.45) is 0 Å². The largest absolute Gasteiger partial charge is 0.609 e. The summed E-state index contributed by atoms with van der Waals surface area (Å²) in [6.07, 6.45) is 1.79. The van der Waals surface area contributed by atoms with E-state index in [2.05, 4.69) is 4.98 Å². The van der Waals surface area contributed by atoms with Crippen molar-refractivity contribution >= 4 is 11.2 Å². The molecule has 0 fully saturated rings. The first-order valence-electron chi connectivity index (χ1n) is 16.1. The lowest BCUT2D eigenvalue weighted by molar-refractivity contribution is 0.0376. The fourth-order valence-electron chi connectivity index (χ4n) is 5.55. The molecule has 0 spiro atoms. The van der Waals surface area contributed by atoms with Gasteiger partial charge in [-0.2, -0.15) is 9.97 Å². The molecule has 0 bridgehead atoms. The van der Waals surface area contributed by atoms with Crippen LogP contribution in [0.2, 0.25) is 0 Å². The van der Waals surface area contributed by atoms with Crippen LogP contribution in [-0.4, -0.2) is 39.1 Å². The summed E-state index contributed by atoms with van der Waals surface area (Å²) in [5, 5.41) is 0.0632. The van der Waals surface area contributed by atoms with Gasteiger partial charge in [-0.25, -0.2) is 4.39 Å². The molecule has 2 heterocycles. The van der Waals surface area contributed by atoms with Gasteiger partial charge in [-0.15, -0.1) is 0 Å².